The van der Waals surface area contributed by atoms with Crippen molar-refractivity contribution in [2.75, 3.05) is 5.32 Å². The van der Waals surface area contributed by atoms with E-state index in [4.69, 9.17) is 0 Å². The number of thioether (sulfide) groups is 1. The molecule has 5 rings (SSSR count). The van der Waals surface area contributed by atoms with Gasteiger partial charge >= 0.3 is 6.03 Å². The second kappa shape index (κ2) is 13.1. The Morgan fingerprint density at radius 2 is 1.45 bits per heavy atom. The van der Waals surface area contributed by atoms with Crippen molar-refractivity contribution in [2.45, 2.75) is 43.6 Å². The van der Waals surface area contributed by atoms with E-state index in [0.717, 1.165) is 34.3 Å². The molecule has 2 N–H and O–H groups in total. The van der Waals surface area contributed by atoms with Crippen molar-refractivity contribution < 1.29 is 4.79 Å². The standard InChI is InChI=1S/C33H33N5OS/c1-3-25-16-18-28(19-17-25)34-32(39)35-30(22-26-10-6-4-7-11-26)31-36-37-33(40-23-27-12-8-5-9-13-27)38(31)29-20-14-24(2)15-21-29/h4-21,30H,3,22-23H2,1-2H3,(H2,34,35,39). The predicted molar refractivity (Wildman–Crippen MR) is 163 cm³/mol. The van der Waals surface area contributed by atoms with Crippen molar-refractivity contribution >= 4 is 23.5 Å². The first-order valence-corrected chi connectivity index (χ1v) is 14.5. The summed E-state index contributed by atoms with van der Waals surface area (Å²) in [5.74, 6) is 1.44. The van der Waals surface area contributed by atoms with E-state index in [1.807, 2.05) is 60.7 Å². The first-order chi connectivity index (χ1) is 19.6. The summed E-state index contributed by atoms with van der Waals surface area (Å²) in [6.07, 6.45) is 1.52. The van der Waals surface area contributed by atoms with Gasteiger partial charge in [-0.2, -0.15) is 0 Å². The molecule has 202 valence electrons. The second-order valence-electron chi connectivity index (χ2n) is 9.68. The third-order valence-corrected chi connectivity index (χ3v) is 7.68. The fourth-order valence-electron chi connectivity index (χ4n) is 4.46. The molecule has 0 aliphatic rings. The zero-order chi connectivity index (χ0) is 27.7. The molecular weight excluding hydrogens is 514 g/mol. The Balaban J connectivity index is 1.47. The predicted octanol–water partition coefficient (Wildman–Crippen LogP) is 7.54. The molecule has 0 saturated heterocycles. The summed E-state index contributed by atoms with van der Waals surface area (Å²) in [5.41, 5.74) is 6.39. The number of anilines is 1. The number of hydrogen-bond acceptors (Lipinski definition) is 4. The number of nitrogens with zero attached hydrogens (tertiary/aromatic N) is 3. The first-order valence-electron chi connectivity index (χ1n) is 13.5. The molecule has 4 aromatic carbocycles. The molecule has 1 heterocycles. The van der Waals surface area contributed by atoms with Gasteiger partial charge in [0.1, 0.15) is 0 Å². The van der Waals surface area contributed by atoms with E-state index in [9.17, 15) is 4.79 Å². The minimum atomic E-state index is -0.419. The highest BCUT2D eigenvalue weighted by Gasteiger charge is 2.25. The SMILES string of the molecule is CCc1ccc(NC(=O)NC(Cc2ccccc2)c2nnc(SCc3ccccc3)n2-c2ccc(C)cc2)cc1. The van der Waals surface area contributed by atoms with Gasteiger partial charge in [0.05, 0.1) is 6.04 Å². The molecule has 40 heavy (non-hydrogen) atoms. The van der Waals surface area contributed by atoms with Gasteiger partial charge in [-0.3, -0.25) is 4.57 Å². The van der Waals surface area contributed by atoms with Crippen molar-refractivity contribution in [3.63, 3.8) is 0 Å². The Morgan fingerprint density at radius 3 is 2.10 bits per heavy atom. The highest BCUT2D eigenvalue weighted by molar-refractivity contribution is 7.98. The molecule has 0 fully saturated rings. The monoisotopic (exact) mass is 547 g/mol. The van der Waals surface area contributed by atoms with Crippen LogP contribution in [0.1, 0.15) is 41.0 Å². The smallest absolute Gasteiger partial charge is 0.319 e. The second-order valence-corrected chi connectivity index (χ2v) is 10.6. The van der Waals surface area contributed by atoms with E-state index in [1.54, 1.807) is 11.8 Å². The molecule has 0 aliphatic heterocycles. The zero-order valence-electron chi connectivity index (χ0n) is 22.7. The van der Waals surface area contributed by atoms with Gasteiger partial charge in [-0.25, -0.2) is 4.79 Å². The van der Waals surface area contributed by atoms with Crippen LogP contribution in [0.15, 0.2) is 114 Å². The molecular formula is C33H33N5OS. The Labute approximate surface area is 239 Å². The number of aromatic nitrogens is 3. The van der Waals surface area contributed by atoms with E-state index in [0.29, 0.717) is 12.2 Å². The lowest BCUT2D eigenvalue weighted by Crippen LogP contribution is -2.35. The summed E-state index contributed by atoms with van der Waals surface area (Å²) in [6, 6.07) is 36.0. The third kappa shape index (κ3) is 6.98. The molecule has 0 saturated carbocycles. The minimum Gasteiger partial charge on any atom is -0.327 e. The molecule has 0 bridgehead atoms. The maximum atomic E-state index is 13.3. The van der Waals surface area contributed by atoms with Crippen molar-refractivity contribution in [2.24, 2.45) is 0 Å². The normalized spacial score (nSPS) is 11.7. The zero-order valence-corrected chi connectivity index (χ0v) is 23.6. The van der Waals surface area contributed by atoms with E-state index in [1.165, 1.54) is 16.7 Å². The van der Waals surface area contributed by atoms with Crippen LogP contribution in [0.2, 0.25) is 0 Å². The van der Waals surface area contributed by atoms with Crippen LogP contribution < -0.4 is 10.6 Å². The molecule has 1 aromatic heterocycles. The fraction of sp³-hybridized carbons (Fsp3) is 0.182. The average molecular weight is 548 g/mol. The van der Waals surface area contributed by atoms with Crippen LogP contribution in [-0.2, 0) is 18.6 Å². The summed E-state index contributed by atoms with van der Waals surface area (Å²) in [4.78, 5) is 13.3. The van der Waals surface area contributed by atoms with Crippen molar-refractivity contribution in [3.05, 3.63) is 137 Å². The Kier molecular flexibility index (Phi) is 8.93. The molecule has 1 atom stereocenters. The maximum absolute atomic E-state index is 13.3. The molecule has 0 spiro atoms. The largest absolute Gasteiger partial charge is 0.327 e. The van der Waals surface area contributed by atoms with Gasteiger partial charge in [0.2, 0.25) is 0 Å². The first kappa shape index (κ1) is 27.2. The van der Waals surface area contributed by atoms with Gasteiger partial charge < -0.3 is 10.6 Å². The molecule has 5 aromatic rings. The van der Waals surface area contributed by atoms with E-state index < -0.39 is 6.04 Å². The van der Waals surface area contributed by atoms with Crippen molar-refractivity contribution in [1.82, 2.24) is 20.1 Å². The van der Waals surface area contributed by atoms with E-state index in [2.05, 4.69) is 87.8 Å². The summed E-state index contributed by atoms with van der Waals surface area (Å²) >= 11 is 1.63. The van der Waals surface area contributed by atoms with Crippen molar-refractivity contribution in [1.29, 1.82) is 0 Å². The number of carbonyl (C=O) groups excluding carboxylic acids is 1. The lowest BCUT2D eigenvalue weighted by molar-refractivity contribution is 0.247. The number of rotatable bonds is 10. The number of nitrogens with one attached hydrogen (secondary N) is 2. The van der Waals surface area contributed by atoms with Crippen LogP contribution in [0, 0.1) is 6.92 Å². The molecule has 7 heteroatoms. The molecule has 2 amide bonds. The quantitative estimate of drug-likeness (QED) is 0.177. The lowest BCUT2D eigenvalue weighted by Gasteiger charge is -2.21. The number of carbonyl (C=O) groups is 1. The molecule has 0 aliphatic carbocycles. The topological polar surface area (TPSA) is 71.8 Å². The van der Waals surface area contributed by atoms with Crippen LogP contribution in [0.5, 0.6) is 0 Å². The Hall–Kier alpha value is -4.36. The van der Waals surface area contributed by atoms with Crippen LogP contribution in [-0.4, -0.2) is 20.8 Å². The summed E-state index contributed by atoms with van der Waals surface area (Å²) in [7, 11) is 0. The van der Waals surface area contributed by atoms with Crippen LogP contribution in [0.25, 0.3) is 5.69 Å². The average Bonchev–Trinajstić information content (AvgIpc) is 3.41. The summed E-state index contributed by atoms with van der Waals surface area (Å²) in [5, 5.41) is 16.2. The highest BCUT2D eigenvalue weighted by atomic mass is 32.2. The van der Waals surface area contributed by atoms with Gasteiger partial charge in [-0.05, 0) is 54.3 Å². The number of urea groups is 1. The number of benzene rings is 4. The molecule has 0 radical (unpaired) electrons. The van der Waals surface area contributed by atoms with Crippen LogP contribution in [0.3, 0.4) is 0 Å². The Bertz CT molecular complexity index is 1520. The number of aryl methyl sites for hydroxylation is 2. The van der Waals surface area contributed by atoms with Gasteiger partial charge in [-0.1, -0.05) is 109 Å². The highest BCUT2D eigenvalue weighted by Crippen LogP contribution is 2.29. The summed E-state index contributed by atoms with van der Waals surface area (Å²) < 4.78 is 2.07. The molecule has 6 nitrogen and oxygen atoms in total. The number of hydrogen-bond donors (Lipinski definition) is 2. The van der Waals surface area contributed by atoms with E-state index >= 15 is 0 Å². The van der Waals surface area contributed by atoms with Gasteiger partial charge in [0, 0.05) is 23.5 Å². The molecule has 1 unspecified atom stereocenters. The summed E-state index contributed by atoms with van der Waals surface area (Å²) in [6.45, 7) is 4.18. The number of amides is 2. The van der Waals surface area contributed by atoms with Gasteiger partial charge in [0.25, 0.3) is 0 Å². The van der Waals surface area contributed by atoms with Crippen LogP contribution in [0.4, 0.5) is 10.5 Å². The Morgan fingerprint density at radius 1 is 0.800 bits per heavy atom. The van der Waals surface area contributed by atoms with E-state index in [-0.39, 0.29) is 6.03 Å². The van der Waals surface area contributed by atoms with Gasteiger partial charge in [-0.15, -0.1) is 10.2 Å². The third-order valence-electron chi connectivity index (χ3n) is 6.68. The maximum Gasteiger partial charge on any atom is 0.319 e. The van der Waals surface area contributed by atoms with Crippen LogP contribution >= 0.6 is 11.8 Å². The van der Waals surface area contributed by atoms with Gasteiger partial charge in [0.15, 0.2) is 11.0 Å². The van der Waals surface area contributed by atoms with Crippen molar-refractivity contribution in [3.8, 4) is 5.69 Å². The lowest BCUT2D eigenvalue weighted by atomic mass is 10.1. The fourth-order valence-corrected chi connectivity index (χ4v) is 5.38. The minimum absolute atomic E-state index is 0.290.